The Balaban J connectivity index is 1.47. The number of nitrogens with zero attached hydrogens (tertiary/aromatic N) is 5. The van der Waals surface area contributed by atoms with Crippen LogP contribution >= 0.6 is 11.8 Å². The summed E-state index contributed by atoms with van der Waals surface area (Å²) in [4.78, 5) is 16.0. The van der Waals surface area contributed by atoms with E-state index in [-0.39, 0.29) is 5.91 Å². The Morgan fingerprint density at radius 1 is 1.21 bits per heavy atom. The number of hydrogen-bond acceptors (Lipinski definition) is 5. The van der Waals surface area contributed by atoms with Crippen LogP contribution in [0.1, 0.15) is 22.0 Å². The molecule has 128 valence electrons. The molecule has 0 aliphatic carbocycles. The van der Waals surface area contributed by atoms with Gasteiger partial charge >= 0.3 is 0 Å². The van der Waals surface area contributed by atoms with Gasteiger partial charge in [0.25, 0.3) is 5.91 Å². The highest BCUT2D eigenvalue weighted by Crippen LogP contribution is 2.14. The van der Waals surface area contributed by atoms with Crippen molar-refractivity contribution in [3.8, 4) is 0 Å². The Morgan fingerprint density at radius 2 is 2.00 bits per heavy atom. The summed E-state index contributed by atoms with van der Waals surface area (Å²) in [6, 6.07) is 10.5. The molecule has 7 heteroatoms. The molecule has 1 aliphatic heterocycles. The first-order valence-corrected chi connectivity index (χ1v) is 9.28. The van der Waals surface area contributed by atoms with Crippen LogP contribution in [0, 0.1) is 0 Å². The average molecular weight is 345 g/mol. The van der Waals surface area contributed by atoms with Crippen LogP contribution < -0.4 is 0 Å². The summed E-state index contributed by atoms with van der Waals surface area (Å²) in [5.74, 6) is 3.40. The van der Waals surface area contributed by atoms with Gasteiger partial charge in [0.15, 0.2) is 0 Å². The zero-order valence-electron chi connectivity index (χ0n) is 14.2. The second-order valence-corrected chi connectivity index (χ2v) is 7.20. The maximum Gasteiger partial charge on any atom is 0.291 e. The van der Waals surface area contributed by atoms with Crippen molar-refractivity contribution in [2.75, 3.05) is 32.9 Å². The second-order valence-electron chi connectivity index (χ2n) is 6.09. The van der Waals surface area contributed by atoms with Gasteiger partial charge in [0, 0.05) is 38.2 Å². The van der Waals surface area contributed by atoms with Crippen molar-refractivity contribution in [3.05, 3.63) is 47.5 Å². The van der Waals surface area contributed by atoms with Gasteiger partial charge in [-0.15, -0.1) is 10.2 Å². The number of aromatic nitrogens is 3. The molecule has 0 radical (unpaired) electrons. The minimum Gasteiger partial charge on any atom is -0.337 e. The molecule has 1 aromatic heterocycles. The van der Waals surface area contributed by atoms with Gasteiger partial charge in [-0.25, -0.2) is 0 Å². The molecule has 1 aromatic carbocycles. The van der Waals surface area contributed by atoms with E-state index >= 15 is 0 Å². The van der Waals surface area contributed by atoms with E-state index in [1.807, 2.05) is 22.4 Å². The van der Waals surface area contributed by atoms with Crippen LogP contribution in [0.5, 0.6) is 0 Å². The molecule has 3 rings (SSSR count). The normalized spacial score (nSPS) is 14.3. The summed E-state index contributed by atoms with van der Waals surface area (Å²) < 4.78 is 1.95. The molecule has 0 atom stereocenters. The number of rotatable bonds is 7. The summed E-state index contributed by atoms with van der Waals surface area (Å²) in [7, 11) is 3.89. The molecular formula is C17H23N5OS. The molecule has 2 aromatic rings. The molecule has 0 unspecified atom stereocenters. The van der Waals surface area contributed by atoms with E-state index in [0.29, 0.717) is 12.4 Å². The van der Waals surface area contributed by atoms with Crippen molar-refractivity contribution in [1.82, 2.24) is 24.6 Å². The van der Waals surface area contributed by atoms with Gasteiger partial charge in [0.1, 0.15) is 5.82 Å². The molecule has 0 spiro atoms. The zero-order chi connectivity index (χ0) is 16.9. The van der Waals surface area contributed by atoms with Crippen molar-refractivity contribution in [3.63, 3.8) is 0 Å². The monoisotopic (exact) mass is 345 g/mol. The number of likely N-dealkylation sites (N-methyl/N-ethyl adjacent to an activating group) is 1. The molecule has 2 heterocycles. The van der Waals surface area contributed by atoms with E-state index < -0.39 is 0 Å². The van der Waals surface area contributed by atoms with Gasteiger partial charge in [-0.05, 0) is 12.6 Å². The lowest BCUT2D eigenvalue weighted by molar-refractivity contribution is 0.0739. The molecule has 1 aliphatic rings. The number of amides is 1. The maximum absolute atomic E-state index is 12.0. The standard InChI is InChI=1S/C17H23N5OS/c1-20(10-11-24-13-14-6-4-3-5-7-14)12-15-18-19-16-17(23)21(2)8-9-22(15)16/h3-7H,8-13H2,1-2H3. The van der Waals surface area contributed by atoms with Crippen LogP contribution in [-0.2, 0) is 18.8 Å². The van der Waals surface area contributed by atoms with Gasteiger partial charge < -0.3 is 9.47 Å². The summed E-state index contributed by atoms with van der Waals surface area (Å²) in [5, 5.41) is 8.28. The topological polar surface area (TPSA) is 54.3 Å². The third-order valence-electron chi connectivity index (χ3n) is 4.16. The first-order chi connectivity index (χ1) is 11.6. The predicted molar refractivity (Wildman–Crippen MR) is 95.9 cm³/mol. The molecule has 0 saturated carbocycles. The summed E-state index contributed by atoms with van der Waals surface area (Å²) in [6.45, 7) is 3.19. The van der Waals surface area contributed by atoms with Gasteiger partial charge in [0.05, 0.1) is 6.54 Å². The van der Waals surface area contributed by atoms with E-state index in [2.05, 4.69) is 46.4 Å². The van der Waals surface area contributed by atoms with Crippen molar-refractivity contribution in [2.45, 2.75) is 18.8 Å². The molecule has 1 amide bonds. The largest absolute Gasteiger partial charge is 0.337 e. The SMILES string of the molecule is CN(CCSCc1ccccc1)Cc1nnc2n1CCN(C)C2=O. The Labute approximate surface area is 146 Å². The molecular weight excluding hydrogens is 322 g/mol. The van der Waals surface area contributed by atoms with Crippen molar-refractivity contribution < 1.29 is 4.79 Å². The highest BCUT2D eigenvalue weighted by molar-refractivity contribution is 7.98. The third-order valence-corrected chi connectivity index (χ3v) is 5.17. The van der Waals surface area contributed by atoms with Crippen LogP contribution in [0.3, 0.4) is 0 Å². The average Bonchev–Trinajstić information content (AvgIpc) is 2.99. The zero-order valence-corrected chi connectivity index (χ0v) is 15.0. The highest BCUT2D eigenvalue weighted by Gasteiger charge is 2.26. The number of fused-ring (bicyclic) bond motifs is 1. The number of thioether (sulfide) groups is 1. The number of benzene rings is 1. The fourth-order valence-corrected chi connectivity index (χ4v) is 3.69. The Bertz CT molecular complexity index is 688. The first kappa shape index (κ1) is 17.0. The van der Waals surface area contributed by atoms with Gasteiger partial charge in [-0.3, -0.25) is 9.69 Å². The van der Waals surface area contributed by atoms with Gasteiger partial charge in [0.2, 0.25) is 5.82 Å². The molecule has 0 bridgehead atoms. The van der Waals surface area contributed by atoms with E-state index in [1.165, 1.54) is 5.56 Å². The van der Waals surface area contributed by atoms with E-state index in [4.69, 9.17) is 0 Å². The number of hydrogen-bond donors (Lipinski definition) is 0. The van der Waals surface area contributed by atoms with Crippen molar-refractivity contribution in [2.24, 2.45) is 0 Å². The molecule has 0 saturated heterocycles. The fraction of sp³-hybridized carbons (Fsp3) is 0.471. The summed E-state index contributed by atoms with van der Waals surface area (Å²) in [5.41, 5.74) is 1.36. The molecule has 6 nitrogen and oxygen atoms in total. The minimum absolute atomic E-state index is 0.0407. The van der Waals surface area contributed by atoms with E-state index in [0.717, 1.165) is 37.0 Å². The number of carbonyl (C=O) groups excluding carboxylic acids is 1. The smallest absolute Gasteiger partial charge is 0.291 e. The first-order valence-electron chi connectivity index (χ1n) is 8.13. The molecule has 0 N–H and O–H groups in total. The Morgan fingerprint density at radius 3 is 2.79 bits per heavy atom. The lowest BCUT2D eigenvalue weighted by Gasteiger charge is -2.24. The second kappa shape index (κ2) is 7.81. The quantitative estimate of drug-likeness (QED) is 0.716. The van der Waals surface area contributed by atoms with Crippen LogP contribution in [-0.4, -0.2) is 63.4 Å². The molecule has 24 heavy (non-hydrogen) atoms. The van der Waals surface area contributed by atoms with Crippen LogP contribution in [0.4, 0.5) is 0 Å². The number of carbonyl (C=O) groups is 1. The van der Waals surface area contributed by atoms with E-state index in [1.54, 1.807) is 11.9 Å². The predicted octanol–water partition coefficient (Wildman–Crippen LogP) is 1.73. The summed E-state index contributed by atoms with van der Waals surface area (Å²) >= 11 is 1.93. The summed E-state index contributed by atoms with van der Waals surface area (Å²) in [6.07, 6.45) is 0. The van der Waals surface area contributed by atoms with Crippen molar-refractivity contribution >= 4 is 17.7 Å². The minimum atomic E-state index is -0.0407. The maximum atomic E-state index is 12.0. The van der Waals surface area contributed by atoms with Crippen LogP contribution in [0.25, 0.3) is 0 Å². The lowest BCUT2D eigenvalue weighted by atomic mass is 10.2. The van der Waals surface area contributed by atoms with E-state index in [9.17, 15) is 4.79 Å². The molecule has 0 fully saturated rings. The van der Waals surface area contributed by atoms with Gasteiger partial charge in [-0.2, -0.15) is 11.8 Å². The van der Waals surface area contributed by atoms with Crippen LogP contribution in [0.15, 0.2) is 30.3 Å². The lowest BCUT2D eigenvalue weighted by Crippen LogP contribution is -2.38. The highest BCUT2D eigenvalue weighted by atomic mass is 32.2. The van der Waals surface area contributed by atoms with Gasteiger partial charge in [-0.1, -0.05) is 30.3 Å². The Hall–Kier alpha value is -1.86. The fourth-order valence-electron chi connectivity index (χ4n) is 2.67. The van der Waals surface area contributed by atoms with Crippen molar-refractivity contribution in [1.29, 1.82) is 0 Å². The Kier molecular flexibility index (Phi) is 5.52. The third kappa shape index (κ3) is 3.96. The van der Waals surface area contributed by atoms with Crippen LogP contribution in [0.2, 0.25) is 0 Å².